The van der Waals surface area contributed by atoms with Crippen LogP contribution in [0, 0.1) is 5.92 Å². The second-order valence-corrected chi connectivity index (χ2v) is 6.40. The van der Waals surface area contributed by atoms with E-state index in [2.05, 4.69) is 33.5 Å². The standard InChI is InChI=1S/C16H23BrN2O2/c1-3-8-18-15-10-21-9-14(15)16(20)19-11(2)12-4-6-13(17)7-5-12/h4-7,11,14-15,18H,3,8-10H2,1-2H3,(H,19,20). The van der Waals surface area contributed by atoms with Gasteiger partial charge in [-0.2, -0.15) is 0 Å². The number of rotatable bonds is 6. The topological polar surface area (TPSA) is 50.4 Å². The molecular weight excluding hydrogens is 332 g/mol. The van der Waals surface area contributed by atoms with Gasteiger partial charge in [0.1, 0.15) is 0 Å². The molecular formula is C16H23BrN2O2. The van der Waals surface area contributed by atoms with Gasteiger partial charge >= 0.3 is 0 Å². The Balaban J connectivity index is 1.92. The van der Waals surface area contributed by atoms with E-state index in [1.165, 1.54) is 0 Å². The molecule has 2 N–H and O–H groups in total. The minimum absolute atomic E-state index is 0.00183. The van der Waals surface area contributed by atoms with Gasteiger partial charge in [0.2, 0.25) is 5.91 Å². The van der Waals surface area contributed by atoms with E-state index in [1.54, 1.807) is 0 Å². The highest BCUT2D eigenvalue weighted by Crippen LogP contribution is 2.19. The van der Waals surface area contributed by atoms with Crippen LogP contribution in [0.25, 0.3) is 0 Å². The number of carbonyl (C=O) groups is 1. The average molecular weight is 355 g/mol. The van der Waals surface area contributed by atoms with Crippen LogP contribution in [0.2, 0.25) is 0 Å². The van der Waals surface area contributed by atoms with Crippen molar-refractivity contribution in [3.8, 4) is 0 Å². The van der Waals surface area contributed by atoms with Gasteiger partial charge in [-0.25, -0.2) is 0 Å². The largest absolute Gasteiger partial charge is 0.379 e. The van der Waals surface area contributed by atoms with Gasteiger partial charge in [0.25, 0.3) is 0 Å². The fraction of sp³-hybridized carbons (Fsp3) is 0.562. The fourth-order valence-corrected chi connectivity index (χ4v) is 2.76. The van der Waals surface area contributed by atoms with Gasteiger partial charge in [-0.3, -0.25) is 4.79 Å². The summed E-state index contributed by atoms with van der Waals surface area (Å²) in [4.78, 5) is 12.4. The minimum Gasteiger partial charge on any atom is -0.379 e. The highest BCUT2D eigenvalue weighted by atomic mass is 79.9. The number of nitrogens with one attached hydrogen (secondary N) is 2. The fourth-order valence-electron chi connectivity index (χ4n) is 2.50. The Kier molecular flexibility index (Phi) is 6.21. The van der Waals surface area contributed by atoms with Crippen molar-refractivity contribution in [1.29, 1.82) is 0 Å². The van der Waals surface area contributed by atoms with Gasteiger partial charge in [0.15, 0.2) is 0 Å². The number of halogens is 1. The molecule has 1 aliphatic heterocycles. The zero-order chi connectivity index (χ0) is 15.2. The van der Waals surface area contributed by atoms with Crippen LogP contribution in [0.3, 0.4) is 0 Å². The number of hydrogen-bond donors (Lipinski definition) is 2. The van der Waals surface area contributed by atoms with Crippen molar-refractivity contribution < 1.29 is 9.53 Å². The molecule has 5 heteroatoms. The molecule has 1 aromatic rings. The molecule has 1 fully saturated rings. The van der Waals surface area contributed by atoms with Crippen molar-refractivity contribution in [2.45, 2.75) is 32.4 Å². The maximum Gasteiger partial charge on any atom is 0.227 e. The van der Waals surface area contributed by atoms with Crippen LogP contribution in [0.5, 0.6) is 0 Å². The first-order valence-corrected chi connectivity index (χ1v) is 8.28. The van der Waals surface area contributed by atoms with Crippen LogP contribution in [-0.4, -0.2) is 31.7 Å². The highest BCUT2D eigenvalue weighted by Gasteiger charge is 2.34. The zero-order valence-corrected chi connectivity index (χ0v) is 14.2. The second-order valence-electron chi connectivity index (χ2n) is 5.49. The third-order valence-electron chi connectivity index (χ3n) is 3.80. The number of amides is 1. The predicted octanol–water partition coefficient (Wildman–Crippen LogP) is 2.64. The molecule has 0 bridgehead atoms. The molecule has 3 unspecified atom stereocenters. The normalized spacial score (nSPS) is 23.0. The number of hydrogen-bond acceptors (Lipinski definition) is 3. The van der Waals surface area contributed by atoms with E-state index in [0.29, 0.717) is 13.2 Å². The first-order chi connectivity index (χ1) is 10.1. The van der Waals surface area contributed by atoms with Crippen LogP contribution in [-0.2, 0) is 9.53 Å². The van der Waals surface area contributed by atoms with Crippen molar-refractivity contribution >= 4 is 21.8 Å². The van der Waals surface area contributed by atoms with Gasteiger partial charge in [-0.1, -0.05) is 35.0 Å². The molecule has 0 saturated carbocycles. The van der Waals surface area contributed by atoms with Crippen LogP contribution in [0.4, 0.5) is 0 Å². The second kappa shape index (κ2) is 7.92. The summed E-state index contributed by atoms with van der Waals surface area (Å²) in [7, 11) is 0. The van der Waals surface area contributed by atoms with Crippen molar-refractivity contribution in [3.63, 3.8) is 0 Å². The molecule has 3 atom stereocenters. The van der Waals surface area contributed by atoms with Gasteiger partial charge in [-0.05, 0) is 37.6 Å². The Labute approximate surface area is 134 Å². The van der Waals surface area contributed by atoms with E-state index in [9.17, 15) is 4.79 Å². The quantitative estimate of drug-likeness (QED) is 0.825. The van der Waals surface area contributed by atoms with Crippen LogP contribution < -0.4 is 10.6 Å². The lowest BCUT2D eigenvalue weighted by Gasteiger charge is -2.21. The summed E-state index contributed by atoms with van der Waals surface area (Å²) >= 11 is 3.42. The smallest absolute Gasteiger partial charge is 0.227 e. The third-order valence-corrected chi connectivity index (χ3v) is 4.33. The average Bonchev–Trinajstić information content (AvgIpc) is 2.94. The Morgan fingerprint density at radius 1 is 1.38 bits per heavy atom. The molecule has 0 aliphatic carbocycles. The zero-order valence-electron chi connectivity index (χ0n) is 12.6. The van der Waals surface area contributed by atoms with Crippen molar-refractivity contribution in [2.24, 2.45) is 5.92 Å². The Morgan fingerprint density at radius 3 is 2.76 bits per heavy atom. The van der Waals surface area contributed by atoms with Crippen molar-refractivity contribution in [3.05, 3.63) is 34.3 Å². The van der Waals surface area contributed by atoms with E-state index in [0.717, 1.165) is 23.0 Å². The lowest BCUT2D eigenvalue weighted by molar-refractivity contribution is -0.126. The van der Waals surface area contributed by atoms with Crippen LogP contribution >= 0.6 is 15.9 Å². The number of benzene rings is 1. The summed E-state index contributed by atoms with van der Waals surface area (Å²) in [5.41, 5.74) is 1.10. The van der Waals surface area contributed by atoms with E-state index < -0.39 is 0 Å². The molecule has 116 valence electrons. The van der Waals surface area contributed by atoms with Gasteiger partial charge in [0, 0.05) is 10.5 Å². The Hall–Kier alpha value is -0.910. The summed E-state index contributed by atoms with van der Waals surface area (Å²) in [6.45, 7) is 6.16. The van der Waals surface area contributed by atoms with Crippen molar-refractivity contribution in [1.82, 2.24) is 10.6 Å². The maximum atomic E-state index is 12.4. The minimum atomic E-state index is -0.102. The highest BCUT2D eigenvalue weighted by molar-refractivity contribution is 9.10. The van der Waals surface area contributed by atoms with Crippen LogP contribution in [0.15, 0.2) is 28.7 Å². The molecule has 2 rings (SSSR count). The molecule has 1 heterocycles. The van der Waals surface area contributed by atoms with Crippen LogP contribution in [0.1, 0.15) is 31.9 Å². The van der Waals surface area contributed by atoms with Gasteiger partial charge < -0.3 is 15.4 Å². The molecule has 1 aromatic carbocycles. The van der Waals surface area contributed by atoms with E-state index in [4.69, 9.17) is 4.74 Å². The molecule has 0 aromatic heterocycles. The predicted molar refractivity (Wildman–Crippen MR) is 87.1 cm³/mol. The lowest BCUT2D eigenvalue weighted by atomic mass is 10.0. The SMILES string of the molecule is CCCNC1COCC1C(=O)NC(C)c1ccc(Br)cc1. The first-order valence-electron chi connectivity index (χ1n) is 7.48. The Bertz CT molecular complexity index is 464. The summed E-state index contributed by atoms with van der Waals surface area (Å²) in [5.74, 6) is -0.0361. The number of ether oxygens (including phenoxy) is 1. The molecule has 1 aliphatic rings. The van der Waals surface area contributed by atoms with E-state index in [-0.39, 0.29) is 23.9 Å². The Morgan fingerprint density at radius 2 is 2.10 bits per heavy atom. The molecule has 0 radical (unpaired) electrons. The number of carbonyl (C=O) groups excluding carboxylic acids is 1. The lowest BCUT2D eigenvalue weighted by Crippen LogP contribution is -2.44. The monoisotopic (exact) mass is 354 g/mol. The summed E-state index contributed by atoms with van der Waals surface area (Å²) in [6, 6.07) is 8.14. The maximum absolute atomic E-state index is 12.4. The molecule has 4 nitrogen and oxygen atoms in total. The molecule has 21 heavy (non-hydrogen) atoms. The van der Waals surface area contributed by atoms with E-state index in [1.807, 2.05) is 31.2 Å². The van der Waals surface area contributed by atoms with Gasteiger partial charge in [-0.15, -0.1) is 0 Å². The molecule has 0 spiro atoms. The first kappa shape index (κ1) is 16.5. The van der Waals surface area contributed by atoms with Crippen molar-refractivity contribution in [2.75, 3.05) is 19.8 Å². The molecule has 1 saturated heterocycles. The summed E-state index contributed by atoms with van der Waals surface area (Å²) < 4.78 is 6.50. The summed E-state index contributed by atoms with van der Waals surface area (Å²) in [5, 5.41) is 6.48. The van der Waals surface area contributed by atoms with E-state index >= 15 is 0 Å². The molecule has 1 amide bonds. The van der Waals surface area contributed by atoms with Gasteiger partial charge in [0.05, 0.1) is 25.2 Å². The third kappa shape index (κ3) is 4.53. The summed E-state index contributed by atoms with van der Waals surface area (Å²) in [6.07, 6.45) is 1.06.